The number of carbonyl (C=O) groups excluding carboxylic acids is 1. The maximum atomic E-state index is 11.6. The lowest BCUT2D eigenvalue weighted by atomic mass is 10.2. The molecule has 0 aromatic heterocycles. The molecule has 92 valence electrons. The van der Waals surface area contributed by atoms with E-state index in [-0.39, 0.29) is 13.0 Å². The van der Waals surface area contributed by atoms with E-state index in [9.17, 15) is 9.90 Å². The monoisotopic (exact) mass is 238 g/mol. The number of esters is 1. The molecule has 1 aromatic carbocycles. The molecule has 1 aromatic rings. The van der Waals surface area contributed by atoms with Crippen LogP contribution in [0, 0.1) is 0 Å². The van der Waals surface area contributed by atoms with Crippen LogP contribution in [0.3, 0.4) is 0 Å². The first-order valence-electron chi connectivity index (χ1n) is 5.40. The van der Waals surface area contributed by atoms with Gasteiger partial charge < -0.3 is 19.7 Å². The standard InChI is InChI=1S/C12H14O5/c13-10-6-9(17-12(10)15)7-16-11(14)8-4-2-1-3-5-8/h1-5,9-10,12-13,15H,6-7H2/t9-,10-,12?/m0/s1. The Hall–Kier alpha value is -1.43. The van der Waals surface area contributed by atoms with Gasteiger partial charge in [-0.1, -0.05) is 18.2 Å². The third-order valence-electron chi connectivity index (χ3n) is 2.58. The molecule has 0 radical (unpaired) electrons. The van der Waals surface area contributed by atoms with Crippen LogP contribution >= 0.6 is 0 Å². The maximum Gasteiger partial charge on any atom is 0.338 e. The Labute approximate surface area is 98.6 Å². The lowest BCUT2D eigenvalue weighted by molar-refractivity contribution is -0.133. The van der Waals surface area contributed by atoms with Crippen molar-refractivity contribution in [2.75, 3.05) is 6.61 Å². The fourth-order valence-electron chi connectivity index (χ4n) is 1.66. The lowest BCUT2D eigenvalue weighted by Crippen LogP contribution is -2.20. The van der Waals surface area contributed by atoms with E-state index in [1.165, 1.54) is 0 Å². The minimum absolute atomic E-state index is 0.0296. The Bertz CT molecular complexity index is 368. The minimum Gasteiger partial charge on any atom is -0.459 e. The van der Waals surface area contributed by atoms with Crippen LogP contribution in [0.15, 0.2) is 30.3 Å². The van der Waals surface area contributed by atoms with Crippen molar-refractivity contribution in [2.45, 2.75) is 24.9 Å². The zero-order chi connectivity index (χ0) is 12.3. The second kappa shape index (κ2) is 5.27. The smallest absolute Gasteiger partial charge is 0.338 e. The maximum absolute atomic E-state index is 11.6. The average Bonchev–Trinajstić information content (AvgIpc) is 2.67. The molecule has 2 N–H and O–H groups in total. The van der Waals surface area contributed by atoms with E-state index >= 15 is 0 Å². The molecule has 0 amide bonds. The predicted molar refractivity (Wildman–Crippen MR) is 58.2 cm³/mol. The Kier molecular flexibility index (Phi) is 3.73. The Morgan fingerprint density at radius 2 is 2.06 bits per heavy atom. The van der Waals surface area contributed by atoms with Crippen molar-refractivity contribution < 1.29 is 24.5 Å². The number of carbonyl (C=O) groups is 1. The first-order valence-corrected chi connectivity index (χ1v) is 5.40. The van der Waals surface area contributed by atoms with Gasteiger partial charge in [-0.3, -0.25) is 0 Å². The molecular formula is C12H14O5. The highest BCUT2D eigenvalue weighted by atomic mass is 16.6. The molecule has 0 saturated carbocycles. The molecule has 17 heavy (non-hydrogen) atoms. The summed E-state index contributed by atoms with van der Waals surface area (Å²) in [5.74, 6) is -0.440. The van der Waals surface area contributed by atoms with Crippen LogP contribution in [-0.2, 0) is 9.47 Å². The summed E-state index contributed by atoms with van der Waals surface area (Å²) in [5.41, 5.74) is 0.464. The highest BCUT2D eigenvalue weighted by Crippen LogP contribution is 2.19. The molecule has 1 aliphatic heterocycles. The van der Waals surface area contributed by atoms with Crippen molar-refractivity contribution >= 4 is 5.97 Å². The van der Waals surface area contributed by atoms with Gasteiger partial charge in [-0.05, 0) is 12.1 Å². The summed E-state index contributed by atoms with van der Waals surface area (Å²) in [5, 5.41) is 18.4. The van der Waals surface area contributed by atoms with E-state index in [1.54, 1.807) is 24.3 Å². The Morgan fingerprint density at radius 3 is 2.65 bits per heavy atom. The number of hydrogen-bond acceptors (Lipinski definition) is 5. The molecule has 1 aliphatic rings. The van der Waals surface area contributed by atoms with Crippen LogP contribution < -0.4 is 0 Å². The van der Waals surface area contributed by atoms with Gasteiger partial charge in [0.15, 0.2) is 6.29 Å². The summed E-state index contributed by atoms with van der Waals surface area (Å²) in [6, 6.07) is 8.61. The van der Waals surface area contributed by atoms with Gasteiger partial charge >= 0.3 is 5.97 Å². The van der Waals surface area contributed by atoms with Crippen molar-refractivity contribution in [3.05, 3.63) is 35.9 Å². The van der Waals surface area contributed by atoms with Gasteiger partial charge in [-0.15, -0.1) is 0 Å². The molecule has 1 saturated heterocycles. The molecule has 2 rings (SSSR count). The van der Waals surface area contributed by atoms with Gasteiger partial charge in [-0.25, -0.2) is 4.79 Å². The van der Waals surface area contributed by atoms with E-state index in [0.717, 1.165) is 0 Å². The summed E-state index contributed by atoms with van der Waals surface area (Å²) in [6.07, 6.45) is -2.28. The summed E-state index contributed by atoms with van der Waals surface area (Å²) in [4.78, 5) is 11.6. The first kappa shape index (κ1) is 12.0. The third-order valence-corrected chi connectivity index (χ3v) is 2.58. The van der Waals surface area contributed by atoms with Crippen LogP contribution in [0.25, 0.3) is 0 Å². The molecule has 5 nitrogen and oxygen atoms in total. The fourth-order valence-corrected chi connectivity index (χ4v) is 1.66. The minimum atomic E-state index is -1.18. The van der Waals surface area contributed by atoms with E-state index < -0.39 is 24.5 Å². The number of aliphatic hydroxyl groups excluding tert-OH is 2. The topological polar surface area (TPSA) is 76.0 Å². The van der Waals surface area contributed by atoms with Crippen LogP contribution in [0.2, 0.25) is 0 Å². The number of benzene rings is 1. The number of ether oxygens (including phenoxy) is 2. The number of rotatable bonds is 3. The van der Waals surface area contributed by atoms with Gasteiger partial charge in [0.2, 0.25) is 0 Å². The van der Waals surface area contributed by atoms with Crippen LogP contribution in [0.5, 0.6) is 0 Å². The van der Waals surface area contributed by atoms with E-state index in [4.69, 9.17) is 14.6 Å². The van der Waals surface area contributed by atoms with Gasteiger partial charge in [0.1, 0.15) is 12.7 Å². The fraction of sp³-hybridized carbons (Fsp3) is 0.417. The second-order valence-corrected chi connectivity index (χ2v) is 3.92. The van der Waals surface area contributed by atoms with Crippen LogP contribution in [0.4, 0.5) is 0 Å². The molecule has 1 fully saturated rings. The quantitative estimate of drug-likeness (QED) is 0.741. The van der Waals surface area contributed by atoms with Crippen molar-refractivity contribution in [3.63, 3.8) is 0 Å². The van der Waals surface area contributed by atoms with Crippen LogP contribution in [-0.4, -0.2) is 41.3 Å². The summed E-state index contributed by atoms with van der Waals surface area (Å²) in [6.45, 7) is 0.0296. The highest BCUT2D eigenvalue weighted by molar-refractivity contribution is 5.89. The zero-order valence-electron chi connectivity index (χ0n) is 9.15. The van der Waals surface area contributed by atoms with E-state index in [2.05, 4.69) is 0 Å². The van der Waals surface area contributed by atoms with Crippen molar-refractivity contribution in [1.29, 1.82) is 0 Å². The largest absolute Gasteiger partial charge is 0.459 e. The summed E-state index contributed by atoms with van der Waals surface area (Å²) in [7, 11) is 0. The Morgan fingerprint density at radius 1 is 1.35 bits per heavy atom. The highest BCUT2D eigenvalue weighted by Gasteiger charge is 2.33. The van der Waals surface area contributed by atoms with E-state index in [0.29, 0.717) is 5.56 Å². The lowest BCUT2D eigenvalue weighted by Gasteiger charge is -2.10. The van der Waals surface area contributed by atoms with Crippen molar-refractivity contribution in [3.8, 4) is 0 Å². The van der Waals surface area contributed by atoms with Gasteiger partial charge in [0.05, 0.1) is 11.7 Å². The SMILES string of the molecule is O=C(OC[C@@H]1C[C@H](O)C(O)O1)c1ccccc1. The normalized spacial score (nSPS) is 28.0. The molecule has 0 spiro atoms. The van der Waals surface area contributed by atoms with Gasteiger partial charge in [0, 0.05) is 6.42 Å². The average molecular weight is 238 g/mol. The third kappa shape index (κ3) is 3.03. The van der Waals surface area contributed by atoms with Crippen molar-refractivity contribution in [1.82, 2.24) is 0 Å². The van der Waals surface area contributed by atoms with E-state index in [1.807, 2.05) is 6.07 Å². The number of hydrogen-bond donors (Lipinski definition) is 2. The number of aliphatic hydroxyl groups is 2. The molecule has 1 heterocycles. The molecule has 0 aliphatic carbocycles. The van der Waals surface area contributed by atoms with Gasteiger partial charge in [-0.2, -0.15) is 0 Å². The molecule has 0 bridgehead atoms. The zero-order valence-corrected chi connectivity index (χ0v) is 9.15. The van der Waals surface area contributed by atoms with Crippen molar-refractivity contribution in [2.24, 2.45) is 0 Å². The molecule has 1 unspecified atom stereocenters. The Balaban J connectivity index is 1.81. The first-order chi connectivity index (χ1) is 8.16. The molecular weight excluding hydrogens is 224 g/mol. The predicted octanol–water partition coefficient (Wildman–Crippen LogP) is 0.312. The summed E-state index contributed by atoms with van der Waals surface area (Å²) >= 11 is 0. The van der Waals surface area contributed by atoms with Gasteiger partial charge in [0.25, 0.3) is 0 Å². The molecule has 3 atom stereocenters. The van der Waals surface area contributed by atoms with Crippen LogP contribution in [0.1, 0.15) is 16.8 Å². The molecule has 5 heteroatoms. The summed E-state index contributed by atoms with van der Waals surface area (Å²) < 4.78 is 10.0. The second-order valence-electron chi connectivity index (χ2n) is 3.92.